The van der Waals surface area contributed by atoms with E-state index in [1.165, 1.54) is 12.1 Å². The lowest BCUT2D eigenvalue weighted by Crippen LogP contribution is -2.48. The summed E-state index contributed by atoms with van der Waals surface area (Å²) in [4.78, 5) is 21.3. The predicted molar refractivity (Wildman–Crippen MR) is 112 cm³/mol. The molecule has 1 aliphatic rings. The van der Waals surface area contributed by atoms with Crippen LogP contribution < -0.4 is 9.47 Å². The van der Waals surface area contributed by atoms with E-state index >= 15 is 0 Å². The average molecular weight is 409 g/mol. The van der Waals surface area contributed by atoms with Crippen LogP contribution >= 0.6 is 0 Å². The quantitative estimate of drug-likeness (QED) is 0.647. The Morgan fingerprint density at radius 2 is 1.80 bits per heavy atom. The number of methoxy groups -OCH3 is 2. The second-order valence-corrected chi connectivity index (χ2v) is 7.25. The van der Waals surface area contributed by atoms with Crippen LogP contribution in [0.3, 0.4) is 0 Å². The maximum atomic E-state index is 13.9. The molecule has 0 bridgehead atoms. The average Bonchev–Trinajstić information content (AvgIpc) is 2.78. The molecular weight excluding hydrogens is 385 g/mol. The molecule has 0 aliphatic carbocycles. The van der Waals surface area contributed by atoms with Gasteiger partial charge in [0.05, 0.1) is 31.0 Å². The Hall–Kier alpha value is -3.19. The van der Waals surface area contributed by atoms with E-state index in [4.69, 9.17) is 14.5 Å². The summed E-state index contributed by atoms with van der Waals surface area (Å²) in [6, 6.07) is 13.8. The number of carbonyl (C=O) groups is 1. The molecule has 6 nitrogen and oxygen atoms in total. The van der Waals surface area contributed by atoms with Crippen LogP contribution in [0.1, 0.15) is 16.1 Å². The summed E-state index contributed by atoms with van der Waals surface area (Å²) in [5.41, 5.74) is 1.87. The lowest BCUT2D eigenvalue weighted by Gasteiger charge is -2.34. The zero-order valence-corrected chi connectivity index (χ0v) is 17.1. The van der Waals surface area contributed by atoms with Gasteiger partial charge >= 0.3 is 0 Å². The molecular formula is C23H24FN3O3. The van der Waals surface area contributed by atoms with Crippen molar-refractivity contribution < 1.29 is 18.7 Å². The number of benzene rings is 2. The van der Waals surface area contributed by atoms with Crippen LogP contribution in [0.15, 0.2) is 48.5 Å². The first-order chi connectivity index (χ1) is 14.6. The van der Waals surface area contributed by atoms with E-state index in [0.717, 1.165) is 28.1 Å². The fraction of sp³-hybridized carbons (Fsp3) is 0.304. The zero-order chi connectivity index (χ0) is 21.1. The van der Waals surface area contributed by atoms with Crippen LogP contribution in [0.25, 0.3) is 10.9 Å². The SMILES string of the molecule is COc1ccc2nc(CN3CCN(C(=O)c4ccccc4F)CC3)cc(OC)c2c1. The van der Waals surface area contributed by atoms with Gasteiger partial charge in [-0.1, -0.05) is 12.1 Å². The molecule has 30 heavy (non-hydrogen) atoms. The van der Waals surface area contributed by atoms with Crippen molar-refractivity contribution in [2.75, 3.05) is 40.4 Å². The summed E-state index contributed by atoms with van der Waals surface area (Å²) in [6.45, 7) is 3.15. The first-order valence-electron chi connectivity index (χ1n) is 9.87. The number of rotatable bonds is 5. The van der Waals surface area contributed by atoms with Gasteiger partial charge in [-0.2, -0.15) is 0 Å². The van der Waals surface area contributed by atoms with Gasteiger partial charge in [0.2, 0.25) is 0 Å². The fourth-order valence-electron chi connectivity index (χ4n) is 3.75. The largest absolute Gasteiger partial charge is 0.497 e. The Morgan fingerprint density at radius 1 is 1.03 bits per heavy atom. The smallest absolute Gasteiger partial charge is 0.256 e. The van der Waals surface area contributed by atoms with Gasteiger partial charge in [-0.15, -0.1) is 0 Å². The van der Waals surface area contributed by atoms with Crippen molar-refractivity contribution in [2.45, 2.75) is 6.54 Å². The minimum absolute atomic E-state index is 0.127. The maximum absolute atomic E-state index is 13.9. The van der Waals surface area contributed by atoms with Gasteiger partial charge in [-0.05, 0) is 30.3 Å². The predicted octanol–water partition coefficient (Wildman–Crippen LogP) is 3.35. The Bertz CT molecular complexity index is 1060. The Balaban J connectivity index is 1.44. The van der Waals surface area contributed by atoms with Crippen molar-refractivity contribution in [1.29, 1.82) is 0 Å². The molecule has 4 rings (SSSR count). The van der Waals surface area contributed by atoms with Crippen LogP contribution in [0.4, 0.5) is 4.39 Å². The second-order valence-electron chi connectivity index (χ2n) is 7.25. The molecule has 0 saturated carbocycles. The number of piperazine rings is 1. The third-order valence-corrected chi connectivity index (χ3v) is 5.40. The third kappa shape index (κ3) is 4.07. The minimum atomic E-state index is -0.478. The molecule has 0 unspecified atom stereocenters. The van der Waals surface area contributed by atoms with Gasteiger partial charge < -0.3 is 14.4 Å². The van der Waals surface area contributed by atoms with Gasteiger partial charge in [0.25, 0.3) is 5.91 Å². The fourth-order valence-corrected chi connectivity index (χ4v) is 3.75. The standard InChI is InChI=1S/C23H24FN3O3/c1-29-17-7-8-21-19(14-17)22(30-2)13-16(25-21)15-26-9-11-27(12-10-26)23(28)18-5-3-4-6-20(18)24/h3-8,13-14H,9-12,15H2,1-2H3. The third-order valence-electron chi connectivity index (χ3n) is 5.40. The maximum Gasteiger partial charge on any atom is 0.256 e. The van der Waals surface area contributed by atoms with Crippen LogP contribution in [0.2, 0.25) is 0 Å². The lowest BCUT2D eigenvalue weighted by atomic mass is 10.1. The van der Waals surface area contributed by atoms with Crippen molar-refractivity contribution in [1.82, 2.24) is 14.8 Å². The van der Waals surface area contributed by atoms with Crippen molar-refractivity contribution in [3.05, 3.63) is 65.6 Å². The summed E-state index contributed by atoms with van der Waals surface area (Å²) in [7, 11) is 3.27. The molecule has 3 aromatic rings. The molecule has 1 fully saturated rings. The van der Waals surface area contributed by atoms with Crippen molar-refractivity contribution in [3.8, 4) is 11.5 Å². The van der Waals surface area contributed by atoms with Crippen molar-refractivity contribution in [3.63, 3.8) is 0 Å². The number of hydrogen-bond donors (Lipinski definition) is 0. The van der Waals surface area contributed by atoms with Gasteiger partial charge in [0, 0.05) is 44.2 Å². The highest BCUT2D eigenvalue weighted by Gasteiger charge is 2.24. The van der Waals surface area contributed by atoms with Crippen molar-refractivity contribution >= 4 is 16.8 Å². The Kier molecular flexibility index (Phi) is 5.81. The molecule has 1 saturated heterocycles. The number of aromatic nitrogens is 1. The van der Waals surface area contributed by atoms with E-state index in [9.17, 15) is 9.18 Å². The number of fused-ring (bicyclic) bond motifs is 1. The Morgan fingerprint density at radius 3 is 2.50 bits per heavy atom. The lowest BCUT2D eigenvalue weighted by molar-refractivity contribution is 0.0622. The van der Waals surface area contributed by atoms with E-state index < -0.39 is 5.82 Å². The highest BCUT2D eigenvalue weighted by molar-refractivity contribution is 5.94. The van der Waals surface area contributed by atoms with Crippen molar-refractivity contribution in [2.24, 2.45) is 0 Å². The monoisotopic (exact) mass is 409 g/mol. The molecule has 0 spiro atoms. The topological polar surface area (TPSA) is 54.9 Å². The van der Waals surface area contributed by atoms with Crippen LogP contribution in [-0.2, 0) is 6.54 Å². The van der Waals surface area contributed by atoms with Crippen LogP contribution in [0, 0.1) is 5.82 Å². The zero-order valence-electron chi connectivity index (χ0n) is 17.1. The number of nitrogens with zero attached hydrogens (tertiary/aromatic N) is 3. The van der Waals surface area contributed by atoms with Gasteiger partial charge in [0.1, 0.15) is 17.3 Å². The van der Waals surface area contributed by atoms with E-state index in [2.05, 4.69) is 4.90 Å². The van der Waals surface area contributed by atoms with Gasteiger partial charge in [-0.3, -0.25) is 14.7 Å². The number of amides is 1. The first-order valence-corrected chi connectivity index (χ1v) is 9.87. The summed E-state index contributed by atoms with van der Waals surface area (Å²) in [6.07, 6.45) is 0. The number of carbonyl (C=O) groups excluding carboxylic acids is 1. The molecule has 2 aromatic carbocycles. The van der Waals surface area contributed by atoms with Gasteiger partial charge in [-0.25, -0.2) is 4.39 Å². The summed E-state index contributed by atoms with van der Waals surface area (Å²) in [5.74, 6) is 0.773. The van der Waals surface area contributed by atoms with Crippen LogP contribution in [0.5, 0.6) is 11.5 Å². The second kappa shape index (κ2) is 8.67. The molecule has 7 heteroatoms. The Labute approximate surface area is 174 Å². The minimum Gasteiger partial charge on any atom is -0.497 e. The number of pyridine rings is 1. The van der Waals surface area contributed by atoms with E-state index in [1.54, 1.807) is 31.3 Å². The number of hydrogen-bond acceptors (Lipinski definition) is 5. The van der Waals surface area contributed by atoms with E-state index in [1.807, 2.05) is 24.3 Å². The number of halogens is 1. The van der Waals surface area contributed by atoms with Crippen LogP contribution in [-0.4, -0.2) is 61.1 Å². The molecule has 1 aromatic heterocycles. The molecule has 2 heterocycles. The summed E-state index contributed by atoms with van der Waals surface area (Å²) in [5, 5.41) is 0.904. The molecule has 156 valence electrons. The van der Waals surface area contributed by atoms with E-state index in [-0.39, 0.29) is 11.5 Å². The summed E-state index contributed by atoms with van der Waals surface area (Å²) >= 11 is 0. The highest BCUT2D eigenvalue weighted by Crippen LogP contribution is 2.29. The normalized spacial score (nSPS) is 14.7. The van der Waals surface area contributed by atoms with E-state index in [0.29, 0.717) is 32.7 Å². The first kappa shape index (κ1) is 20.1. The highest BCUT2D eigenvalue weighted by atomic mass is 19.1. The number of ether oxygens (including phenoxy) is 2. The molecule has 0 radical (unpaired) electrons. The molecule has 1 aliphatic heterocycles. The molecule has 0 atom stereocenters. The summed E-state index contributed by atoms with van der Waals surface area (Å²) < 4.78 is 24.8. The molecule has 0 N–H and O–H groups in total. The van der Waals surface area contributed by atoms with Gasteiger partial charge in [0.15, 0.2) is 0 Å². The molecule has 1 amide bonds.